The maximum atomic E-state index is 5.64. The third-order valence-corrected chi connectivity index (χ3v) is 2.77. The van der Waals surface area contributed by atoms with Gasteiger partial charge in [0.05, 0.1) is 7.11 Å². The first kappa shape index (κ1) is 10.1. The van der Waals surface area contributed by atoms with Gasteiger partial charge in [0, 0.05) is 18.2 Å². The molecule has 1 aliphatic rings. The van der Waals surface area contributed by atoms with Crippen LogP contribution in [-0.2, 0) is 0 Å². The van der Waals surface area contributed by atoms with Gasteiger partial charge in [-0.1, -0.05) is 0 Å². The van der Waals surface area contributed by atoms with E-state index in [1.807, 2.05) is 18.2 Å². The SMILES string of the molecule is COc1ccc2c(c1)OCC(CN)=C2C. The van der Waals surface area contributed by atoms with E-state index in [1.54, 1.807) is 7.11 Å². The zero-order valence-corrected chi connectivity index (χ0v) is 9.04. The zero-order chi connectivity index (χ0) is 10.8. The lowest BCUT2D eigenvalue weighted by Gasteiger charge is -2.21. The third-order valence-electron chi connectivity index (χ3n) is 2.77. The number of benzene rings is 1. The van der Waals surface area contributed by atoms with Crippen molar-refractivity contribution < 1.29 is 9.47 Å². The average Bonchev–Trinajstić information content (AvgIpc) is 2.29. The van der Waals surface area contributed by atoms with Gasteiger partial charge in [0.25, 0.3) is 0 Å². The van der Waals surface area contributed by atoms with Crippen molar-refractivity contribution in [3.05, 3.63) is 29.3 Å². The van der Waals surface area contributed by atoms with Crippen LogP contribution >= 0.6 is 0 Å². The van der Waals surface area contributed by atoms with Gasteiger partial charge in [0.15, 0.2) is 0 Å². The van der Waals surface area contributed by atoms with Crippen molar-refractivity contribution in [2.45, 2.75) is 6.92 Å². The standard InChI is InChI=1S/C12H15NO2/c1-8-9(6-13)7-15-12-5-10(14-2)3-4-11(8)12/h3-5H,6-7,13H2,1-2H3. The molecule has 2 rings (SSSR count). The second-order valence-electron chi connectivity index (χ2n) is 3.58. The molecular weight excluding hydrogens is 190 g/mol. The molecule has 3 heteroatoms. The Hall–Kier alpha value is -1.48. The highest BCUT2D eigenvalue weighted by molar-refractivity contribution is 5.74. The normalized spacial score (nSPS) is 14.6. The highest BCUT2D eigenvalue weighted by atomic mass is 16.5. The van der Waals surface area contributed by atoms with Crippen LogP contribution in [0.1, 0.15) is 12.5 Å². The molecule has 1 aromatic carbocycles. The summed E-state index contributed by atoms with van der Waals surface area (Å²) < 4.78 is 10.8. The van der Waals surface area contributed by atoms with Crippen LogP contribution in [-0.4, -0.2) is 20.3 Å². The van der Waals surface area contributed by atoms with E-state index >= 15 is 0 Å². The highest BCUT2D eigenvalue weighted by Crippen LogP contribution is 2.34. The molecule has 0 aliphatic carbocycles. The van der Waals surface area contributed by atoms with E-state index in [1.165, 1.54) is 5.57 Å². The molecular formula is C12H15NO2. The first-order chi connectivity index (χ1) is 7.26. The third kappa shape index (κ3) is 1.70. The van der Waals surface area contributed by atoms with Gasteiger partial charge in [-0.3, -0.25) is 0 Å². The number of nitrogens with two attached hydrogens (primary N) is 1. The molecule has 0 unspecified atom stereocenters. The Labute approximate surface area is 89.5 Å². The molecule has 0 spiro atoms. The van der Waals surface area contributed by atoms with Crippen molar-refractivity contribution in [1.82, 2.24) is 0 Å². The van der Waals surface area contributed by atoms with E-state index in [-0.39, 0.29) is 0 Å². The average molecular weight is 205 g/mol. The predicted octanol–water partition coefficient (Wildman–Crippen LogP) is 1.82. The topological polar surface area (TPSA) is 44.5 Å². The number of ether oxygens (including phenoxy) is 2. The molecule has 2 N–H and O–H groups in total. The summed E-state index contributed by atoms with van der Waals surface area (Å²) in [5.74, 6) is 1.70. The summed E-state index contributed by atoms with van der Waals surface area (Å²) in [6.07, 6.45) is 0. The van der Waals surface area contributed by atoms with Gasteiger partial charge in [0.1, 0.15) is 18.1 Å². The smallest absolute Gasteiger partial charge is 0.130 e. The summed E-state index contributed by atoms with van der Waals surface area (Å²) in [6, 6.07) is 5.86. The molecule has 0 bridgehead atoms. The van der Waals surface area contributed by atoms with Crippen molar-refractivity contribution in [3.63, 3.8) is 0 Å². The summed E-state index contributed by atoms with van der Waals surface area (Å²) in [6.45, 7) is 3.22. The molecule has 0 amide bonds. The van der Waals surface area contributed by atoms with Gasteiger partial charge in [-0.25, -0.2) is 0 Å². The molecule has 3 nitrogen and oxygen atoms in total. The number of hydrogen-bond acceptors (Lipinski definition) is 3. The number of rotatable bonds is 2. The second-order valence-corrected chi connectivity index (χ2v) is 3.58. The van der Waals surface area contributed by atoms with Gasteiger partial charge in [-0.2, -0.15) is 0 Å². The van der Waals surface area contributed by atoms with Crippen molar-refractivity contribution in [3.8, 4) is 11.5 Å². The van der Waals surface area contributed by atoms with Crippen LogP contribution in [0.25, 0.3) is 5.57 Å². The maximum absolute atomic E-state index is 5.64. The first-order valence-electron chi connectivity index (χ1n) is 4.96. The first-order valence-corrected chi connectivity index (χ1v) is 4.96. The molecule has 0 saturated heterocycles. The van der Waals surface area contributed by atoms with Crippen LogP contribution in [0, 0.1) is 0 Å². The lowest BCUT2D eigenvalue weighted by molar-refractivity contribution is 0.339. The van der Waals surface area contributed by atoms with E-state index in [4.69, 9.17) is 15.2 Å². The van der Waals surface area contributed by atoms with Crippen LogP contribution in [0.2, 0.25) is 0 Å². The fourth-order valence-corrected chi connectivity index (χ4v) is 1.73. The van der Waals surface area contributed by atoms with Crippen LogP contribution in [0.15, 0.2) is 23.8 Å². The summed E-state index contributed by atoms with van der Waals surface area (Å²) >= 11 is 0. The fraction of sp³-hybridized carbons (Fsp3) is 0.333. The van der Waals surface area contributed by atoms with Gasteiger partial charge in [-0.15, -0.1) is 0 Å². The quantitative estimate of drug-likeness (QED) is 0.801. The summed E-state index contributed by atoms with van der Waals surface area (Å²) in [7, 11) is 1.65. The molecule has 0 fully saturated rings. The molecule has 1 heterocycles. The molecule has 1 aliphatic heterocycles. The van der Waals surface area contributed by atoms with Crippen molar-refractivity contribution in [2.24, 2.45) is 5.73 Å². The minimum atomic E-state index is 0.553. The molecule has 0 atom stereocenters. The number of hydrogen-bond donors (Lipinski definition) is 1. The van der Waals surface area contributed by atoms with Gasteiger partial charge in [-0.05, 0) is 30.2 Å². The number of fused-ring (bicyclic) bond motifs is 1. The van der Waals surface area contributed by atoms with Crippen molar-refractivity contribution in [1.29, 1.82) is 0 Å². The Morgan fingerprint density at radius 2 is 2.27 bits per heavy atom. The summed E-state index contributed by atoms with van der Waals surface area (Å²) in [5, 5.41) is 0. The number of allylic oxidation sites excluding steroid dienone is 1. The van der Waals surface area contributed by atoms with Crippen LogP contribution in [0.4, 0.5) is 0 Å². The minimum Gasteiger partial charge on any atom is -0.497 e. The monoisotopic (exact) mass is 205 g/mol. The summed E-state index contributed by atoms with van der Waals surface area (Å²) in [4.78, 5) is 0. The Bertz CT molecular complexity index is 410. The fourth-order valence-electron chi connectivity index (χ4n) is 1.73. The second kappa shape index (κ2) is 3.95. The van der Waals surface area contributed by atoms with E-state index in [9.17, 15) is 0 Å². The van der Waals surface area contributed by atoms with Crippen LogP contribution < -0.4 is 15.2 Å². The molecule has 0 radical (unpaired) electrons. The molecule has 15 heavy (non-hydrogen) atoms. The van der Waals surface area contributed by atoms with E-state index in [0.717, 1.165) is 22.6 Å². The largest absolute Gasteiger partial charge is 0.497 e. The van der Waals surface area contributed by atoms with E-state index in [2.05, 4.69) is 6.92 Å². The van der Waals surface area contributed by atoms with Crippen molar-refractivity contribution >= 4 is 5.57 Å². The number of methoxy groups -OCH3 is 1. The zero-order valence-electron chi connectivity index (χ0n) is 9.04. The Morgan fingerprint density at radius 3 is 2.93 bits per heavy atom. The Balaban J connectivity index is 2.47. The molecule has 80 valence electrons. The summed E-state index contributed by atoms with van der Waals surface area (Å²) in [5.41, 5.74) is 9.14. The lowest BCUT2D eigenvalue weighted by atomic mass is 9.98. The molecule has 0 saturated carbocycles. The Kier molecular flexibility index (Phi) is 2.64. The minimum absolute atomic E-state index is 0.553. The van der Waals surface area contributed by atoms with E-state index < -0.39 is 0 Å². The van der Waals surface area contributed by atoms with Crippen LogP contribution in [0.5, 0.6) is 11.5 Å². The van der Waals surface area contributed by atoms with Gasteiger partial charge >= 0.3 is 0 Å². The van der Waals surface area contributed by atoms with Gasteiger partial charge in [0.2, 0.25) is 0 Å². The van der Waals surface area contributed by atoms with Crippen LogP contribution in [0.3, 0.4) is 0 Å². The van der Waals surface area contributed by atoms with E-state index in [0.29, 0.717) is 13.2 Å². The molecule has 1 aromatic rings. The Morgan fingerprint density at radius 1 is 1.47 bits per heavy atom. The highest BCUT2D eigenvalue weighted by Gasteiger charge is 2.16. The predicted molar refractivity (Wildman–Crippen MR) is 60.1 cm³/mol. The maximum Gasteiger partial charge on any atom is 0.130 e. The molecule has 0 aromatic heterocycles. The van der Waals surface area contributed by atoms with Crippen molar-refractivity contribution in [2.75, 3.05) is 20.3 Å². The lowest BCUT2D eigenvalue weighted by Crippen LogP contribution is -2.17. The van der Waals surface area contributed by atoms with Gasteiger partial charge < -0.3 is 15.2 Å².